The molecule has 0 fully saturated rings. The predicted octanol–water partition coefficient (Wildman–Crippen LogP) is 3.42. The van der Waals surface area contributed by atoms with Crippen LogP contribution in [-0.2, 0) is 0 Å². The predicted molar refractivity (Wildman–Crippen MR) is 57.6 cm³/mol. The Bertz CT molecular complexity index is 461. The van der Waals surface area contributed by atoms with Crippen LogP contribution in [0.2, 0.25) is 5.15 Å². The molecule has 0 N–H and O–H groups in total. The molecule has 0 aliphatic carbocycles. The first kappa shape index (κ1) is 10.4. The highest BCUT2D eigenvalue weighted by Gasteiger charge is 2.00. The van der Waals surface area contributed by atoms with Crippen molar-refractivity contribution >= 4 is 23.4 Å². The van der Waals surface area contributed by atoms with Crippen LogP contribution in [0.3, 0.4) is 0 Å². The van der Waals surface area contributed by atoms with E-state index < -0.39 is 0 Å². The van der Waals surface area contributed by atoms with Crippen LogP contribution in [0.1, 0.15) is 0 Å². The van der Waals surface area contributed by atoms with Crippen molar-refractivity contribution < 1.29 is 4.39 Å². The molecule has 2 nitrogen and oxygen atoms in total. The molecular formula is C10H6ClFN2S. The Morgan fingerprint density at radius 3 is 2.53 bits per heavy atom. The summed E-state index contributed by atoms with van der Waals surface area (Å²) >= 11 is 7.08. The van der Waals surface area contributed by atoms with Crippen molar-refractivity contribution in [3.05, 3.63) is 47.6 Å². The zero-order valence-electron chi connectivity index (χ0n) is 7.52. The van der Waals surface area contributed by atoms with Crippen LogP contribution in [0.5, 0.6) is 0 Å². The van der Waals surface area contributed by atoms with E-state index in [9.17, 15) is 4.39 Å². The van der Waals surface area contributed by atoms with Gasteiger partial charge in [0.15, 0.2) is 0 Å². The SMILES string of the molecule is Fc1ccc(Sc2cncc(Cl)n2)cc1. The van der Waals surface area contributed by atoms with Crippen LogP contribution in [0, 0.1) is 5.82 Å². The third-order valence-corrected chi connectivity index (χ3v) is 2.71. The Morgan fingerprint density at radius 1 is 1.13 bits per heavy atom. The van der Waals surface area contributed by atoms with Gasteiger partial charge in [-0.3, -0.25) is 4.98 Å². The van der Waals surface area contributed by atoms with Crippen LogP contribution in [0.4, 0.5) is 4.39 Å². The van der Waals surface area contributed by atoms with E-state index in [0.29, 0.717) is 10.2 Å². The fourth-order valence-electron chi connectivity index (χ4n) is 0.998. The lowest BCUT2D eigenvalue weighted by atomic mass is 10.4. The average molecular weight is 241 g/mol. The van der Waals surface area contributed by atoms with Gasteiger partial charge in [-0.25, -0.2) is 9.37 Å². The first-order valence-corrected chi connectivity index (χ1v) is 5.34. The van der Waals surface area contributed by atoms with E-state index in [1.165, 1.54) is 30.1 Å². The molecular weight excluding hydrogens is 235 g/mol. The number of rotatable bonds is 2. The molecule has 15 heavy (non-hydrogen) atoms. The van der Waals surface area contributed by atoms with Crippen molar-refractivity contribution in [2.45, 2.75) is 9.92 Å². The maximum absolute atomic E-state index is 12.6. The summed E-state index contributed by atoms with van der Waals surface area (Å²) < 4.78 is 12.6. The van der Waals surface area contributed by atoms with Crippen LogP contribution in [-0.4, -0.2) is 9.97 Å². The van der Waals surface area contributed by atoms with E-state index in [1.807, 2.05) is 0 Å². The van der Waals surface area contributed by atoms with Gasteiger partial charge >= 0.3 is 0 Å². The molecule has 1 aromatic carbocycles. The lowest BCUT2D eigenvalue weighted by Gasteiger charge is -1.99. The van der Waals surface area contributed by atoms with Gasteiger partial charge in [0, 0.05) is 4.90 Å². The normalized spacial score (nSPS) is 10.3. The summed E-state index contributed by atoms with van der Waals surface area (Å²) in [6.45, 7) is 0. The van der Waals surface area contributed by atoms with E-state index in [2.05, 4.69) is 9.97 Å². The van der Waals surface area contributed by atoms with E-state index in [1.54, 1.807) is 18.3 Å². The molecule has 5 heteroatoms. The fourth-order valence-corrected chi connectivity index (χ4v) is 1.97. The molecule has 2 rings (SSSR count). The first-order chi connectivity index (χ1) is 7.24. The maximum Gasteiger partial charge on any atom is 0.148 e. The Balaban J connectivity index is 2.18. The fraction of sp³-hybridized carbons (Fsp3) is 0. The van der Waals surface area contributed by atoms with Crippen molar-refractivity contribution in [1.29, 1.82) is 0 Å². The molecule has 0 saturated carbocycles. The van der Waals surface area contributed by atoms with Crippen molar-refractivity contribution in [3.63, 3.8) is 0 Å². The second kappa shape index (κ2) is 4.59. The summed E-state index contributed by atoms with van der Waals surface area (Å²) in [5, 5.41) is 1.04. The van der Waals surface area contributed by atoms with Gasteiger partial charge in [-0.05, 0) is 24.3 Å². The number of aromatic nitrogens is 2. The second-order valence-electron chi connectivity index (χ2n) is 2.74. The topological polar surface area (TPSA) is 25.8 Å². The number of benzene rings is 1. The third kappa shape index (κ3) is 2.91. The van der Waals surface area contributed by atoms with Crippen LogP contribution in [0.15, 0.2) is 46.6 Å². The van der Waals surface area contributed by atoms with Crippen LogP contribution >= 0.6 is 23.4 Å². The summed E-state index contributed by atoms with van der Waals surface area (Å²) in [6.07, 6.45) is 3.08. The largest absolute Gasteiger partial charge is 0.259 e. The smallest absolute Gasteiger partial charge is 0.148 e. The molecule has 2 aromatic rings. The number of halogens is 2. The molecule has 0 aliphatic heterocycles. The summed E-state index contributed by atoms with van der Waals surface area (Å²) in [4.78, 5) is 8.87. The van der Waals surface area contributed by atoms with E-state index in [0.717, 1.165) is 4.90 Å². The molecule has 0 radical (unpaired) electrons. The Hall–Kier alpha value is -1.13. The van der Waals surface area contributed by atoms with Gasteiger partial charge in [0.2, 0.25) is 0 Å². The number of hydrogen-bond donors (Lipinski definition) is 0. The monoisotopic (exact) mass is 240 g/mol. The molecule has 1 heterocycles. The molecule has 0 saturated heterocycles. The maximum atomic E-state index is 12.6. The number of hydrogen-bond acceptors (Lipinski definition) is 3. The van der Waals surface area contributed by atoms with E-state index in [-0.39, 0.29) is 5.82 Å². The Kier molecular flexibility index (Phi) is 3.18. The lowest BCUT2D eigenvalue weighted by Crippen LogP contribution is -1.83. The standard InChI is InChI=1S/C10H6ClFN2S/c11-9-5-13-6-10(14-9)15-8-3-1-7(12)2-4-8/h1-6H. The minimum absolute atomic E-state index is 0.253. The highest BCUT2D eigenvalue weighted by atomic mass is 35.5. The van der Waals surface area contributed by atoms with Crippen molar-refractivity contribution in [3.8, 4) is 0 Å². The van der Waals surface area contributed by atoms with Crippen molar-refractivity contribution in [2.75, 3.05) is 0 Å². The first-order valence-electron chi connectivity index (χ1n) is 4.15. The summed E-state index contributed by atoms with van der Waals surface area (Å²) in [5.41, 5.74) is 0. The van der Waals surface area contributed by atoms with E-state index in [4.69, 9.17) is 11.6 Å². The quantitative estimate of drug-likeness (QED) is 0.805. The molecule has 0 amide bonds. The summed E-state index contributed by atoms with van der Waals surface area (Å²) in [5.74, 6) is -0.253. The minimum atomic E-state index is -0.253. The second-order valence-corrected chi connectivity index (χ2v) is 4.22. The van der Waals surface area contributed by atoms with Gasteiger partial charge in [-0.1, -0.05) is 23.4 Å². The van der Waals surface area contributed by atoms with Gasteiger partial charge in [0.1, 0.15) is 16.0 Å². The van der Waals surface area contributed by atoms with Gasteiger partial charge in [-0.2, -0.15) is 0 Å². The minimum Gasteiger partial charge on any atom is -0.259 e. The molecule has 0 unspecified atom stereocenters. The molecule has 0 spiro atoms. The molecule has 1 aromatic heterocycles. The zero-order valence-corrected chi connectivity index (χ0v) is 9.10. The Morgan fingerprint density at radius 2 is 1.87 bits per heavy atom. The van der Waals surface area contributed by atoms with Crippen molar-refractivity contribution in [1.82, 2.24) is 9.97 Å². The van der Waals surface area contributed by atoms with Crippen LogP contribution < -0.4 is 0 Å². The molecule has 76 valence electrons. The average Bonchev–Trinajstić information content (AvgIpc) is 2.22. The van der Waals surface area contributed by atoms with Gasteiger partial charge in [0.25, 0.3) is 0 Å². The van der Waals surface area contributed by atoms with E-state index >= 15 is 0 Å². The van der Waals surface area contributed by atoms with Gasteiger partial charge in [0.05, 0.1) is 12.4 Å². The lowest BCUT2D eigenvalue weighted by molar-refractivity contribution is 0.626. The van der Waals surface area contributed by atoms with Crippen LogP contribution in [0.25, 0.3) is 0 Å². The molecule has 0 aliphatic rings. The molecule has 0 bridgehead atoms. The van der Waals surface area contributed by atoms with Gasteiger partial charge in [-0.15, -0.1) is 0 Å². The molecule has 0 atom stereocenters. The Labute approximate surface area is 95.5 Å². The zero-order chi connectivity index (χ0) is 10.7. The third-order valence-electron chi connectivity index (χ3n) is 1.62. The summed E-state index contributed by atoms with van der Waals surface area (Å²) in [6, 6.07) is 6.17. The summed E-state index contributed by atoms with van der Waals surface area (Å²) in [7, 11) is 0. The highest BCUT2D eigenvalue weighted by molar-refractivity contribution is 7.99. The number of nitrogens with zero attached hydrogens (tertiary/aromatic N) is 2. The van der Waals surface area contributed by atoms with Gasteiger partial charge < -0.3 is 0 Å². The highest BCUT2D eigenvalue weighted by Crippen LogP contribution is 2.25. The van der Waals surface area contributed by atoms with Crippen molar-refractivity contribution in [2.24, 2.45) is 0 Å².